The van der Waals surface area contributed by atoms with Crippen molar-refractivity contribution >= 4 is 6.03 Å². The molecule has 4 heteroatoms. The molecule has 0 aromatic heterocycles. The average Bonchev–Trinajstić information content (AvgIpc) is 2.27. The Morgan fingerprint density at radius 3 is 2.33 bits per heavy atom. The van der Waals surface area contributed by atoms with Gasteiger partial charge < -0.3 is 15.3 Å². The third-order valence-corrected chi connectivity index (χ3v) is 2.94. The molecule has 0 aliphatic rings. The van der Waals surface area contributed by atoms with Gasteiger partial charge in [-0.3, -0.25) is 0 Å². The van der Waals surface area contributed by atoms with Crippen molar-refractivity contribution in [3.8, 4) is 0 Å². The standard InChI is InChI=1S/C11H24N2O2/c1-5-10(6-2)7-12-11(15)13(4)9(3)8-14/h9-10,14H,5-8H2,1-4H3,(H,12,15). The lowest BCUT2D eigenvalue weighted by Crippen LogP contribution is -2.45. The smallest absolute Gasteiger partial charge is 0.317 e. The highest BCUT2D eigenvalue weighted by atomic mass is 16.3. The van der Waals surface area contributed by atoms with Gasteiger partial charge in [0.05, 0.1) is 12.6 Å². The quantitative estimate of drug-likeness (QED) is 0.706. The van der Waals surface area contributed by atoms with Crippen LogP contribution in [-0.2, 0) is 0 Å². The molecular formula is C11H24N2O2. The minimum absolute atomic E-state index is 0.00506. The predicted molar refractivity (Wildman–Crippen MR) is 61.8 cm³/mol. The summed E-state index contributed by atoms with van der Waals surface area (Å²) in [6.07, 6.45) is 2.16. The number of nitrogens with one attached hydrogen (secondary N) is 1. The van der Waals surface area contributed by atoms with E-state index in [4.69, 9.17) is 5.11 Å². The van der Waals surface area contributed by atoms with Crippen molar-refractivity contribution in [2.75, 3.05) is 20.2 Å². The molecule has 0 heterocycles. The van der Waals surface area contributed by atoms with Crippen molar-refractivity contribution < 1.29 is 9.90 Å². The molecule has 0 bridgehead atoms. The Hall–Kier alpha value is -0.770. The molecule has 0 radical (unpaired) electrons. The number of carbonyl (C=O) groups is 1. The van der Waals surface area contributed by atoms with E-state index in [1.165, 1.54) is 4.90 Å². The Kier molecular flexibility index (Phi) is 7.13. The van der Waals surface area contributed by atoms with Crippen LogP contribution in [0.2, 0.25) is 0 Å². The fourth-order valence-corrected chi connectivity index (χ4v) is 1.26. The summed E-state index contributed by atoms with van der Waals surface area (Å²) >= 11 is 0. The monoisotopic (exact) mass is 216 g/mol. The lowest BCUT2D eigenvalue weighted by Gasteiger charge is -2.24. The third-order valence-electron chi connectivity index (χ3n) is 2.94. The van der Waals surface area contributed by atoms with Crippen LogP contribution in [0, 0.1) is 5.92 Å². The molecule has 0 spiro atoms. The first-order valence-electron chi connectivity index (χ1n) is 5.68. The Labute approximate surface area is 92.7 Å². The minimum Gasteiger partial charge on any atom is -0.394 e. The number of nitrogens with zero attached hydrogens (tertiary/aromatic N) is 1. The maximum Gasteiger partial charge on any atom is 0.317 e. The van der Waals surface area contributed by atoms with Crippen molar-refractivity contribution in [3.63, 3.8) is 0 Å². The summed E-state index contributed by atoms with van der Waals surface area (Å²) < 4.78 is 0. The average molecular weight is 216 g/mol. The molecule has 4 nitrogen and oxygen atoms in total. The van der Waals surface area contributed by atoms with E-state index in [9.17, 15) is 4.79 Å². The predicted octanol–water partition coefficient (Wildman–Crippen LogP) is 1.44. The summed E-state index contributed by atoms with van der Waals surface area (Å²) in [5.41, 5.74) is 0. The van der Waals surface area contributed by atoms with E-state index in [1.807, 2.05) is 6.92 Å². The number of hydrogen-bond acceptors (Lipinski definition) is 2. The molecule has 1 unspecified atom stereocenters. The Morgan fingerprint density at radius 2 is 1.93 bits per heavy atom. The maximum absolute atomic E-state index is 11.6. The molecule has 90 valence electrons. The number of amides is 2. The molecule has 15 heavy (non-hydrogen) atoms. The van der Waals surface area contributed by atoms with E-state index in [0.29, 0.717) is 12.5 Å². The van der Waals surface area contributed by atoms with E-state index in [2.05, 4.69) is 19.2 Å². The SMILES string of the molecule is CCC(CC)CNC(=O)N(C)C(C)CO. The van der Waals surface area contributed by atoms with Crippen molar-refractivity contribution in [2.45, 2.75) is 39.7 Å². The van der Waals surface area contributed by atoms with Gasteiger partial charge in [-0.15, -0.1) is 0 Å². The number of urea groups is 1. The van der Waals surface area contributed by atoms with Crippen LogP contribution >= 0.6 is 0 Å². The molecule has 0 aromatic carbocycles. The molecule has 0 fully saturated rings. The number of aliphatic hydroxyl groups excluding tert-OH is 1. The van der Waals surface area contributed by atoms with E-state index in [-0.39, 0.29) is 18.7 Å². The van der Waals surface area contributed by atoms with Crippen LogP contribution in [0.3, 0.4) is 0 Å². The van der Waals surface area contributed by atoms with Crippen LogP contribution in [0.4, 0.5) is 4.79 Å². The zero-order chi connectivity index (χ0) is 11.8. The van der Waals surface area contributed by atoms with Gasteiger partial charge in [0.1, 0.15) is 0 Å². The molecule has 0 saturated heterocycles. The lowest BCUT2D eigenvalue weighted by atomic mass is 10.0. The zero-order valence-electron chi connectivity index (χ0n) is 10.3. The van der Waals surface area contributed by atoms with Crippen molar-refractivity contribution in [1.29, 1.82) is 0 Å². The van der Waals surface area contributed by atoms with E-state index < -0.39 is 0 Å². The summed E-state index contributed by atoms with van der Waals surface area (Å²) in [7, 11) is 1.70. The first-order valence-corrected chi connectivity index (χ1v) is 5.68. The largest absolute Gasteiger partial charge is 0.394 e. The highest BCUT2D eigenvalue weighted by Gasteiger charge is 2.15. The van der Waals surface area contributed by atoms with Crippen molar-refractivity contribution in [1.82, 2.24) is 10.2 Å². The highest BCUT2D eigenvalue weighted by molar-refractivity contribution is 5.74. The van der Waals surface area contributed by atoms with Crippen molar-refractivity contribution in [3.05, 3.63) is 0 Å². The van der Waals surface area contributed by atoms with Gasteiger partial charge in [0.15, 0.2) is 0 Å². The second-order valence-corrected chi connectivity index (χ2v) is 4.01. The summed E-state index contributed by atoms with van der Waals surface area (Å²) in [5, 5.41) is 11.8. The summed E-state index contributed by atoms with van der Waals surface area (Å²) in [6, 6.07) is -0.241. The van der Waals surface area contributed by atoms with Crippen LogP contribution in [0.1, 0.15) is 33.6 Å². The fourth-order valence-electron chi connectivity index (χ4n) is 1.26. The second-order valence-electron chi connectivity index (χ2n) is 4.01. The lowest BCUT2D eigenvalue weighted by molar-refractivity contribution is 0.156. The number of carbonyl (C=O) groups excluding carboxylic acids is 1. The van der Waals surface area contributed by atoms with Crippen LogP contribution < -0.4 is 5.32 Å². The van der Waals surface area contributed by atoms with Gasteiger partial charge in [-0.2, -0.15) is 0 Å². The fraction of sp³-hybridized carbons (Fsp3) is 0.909. The van der Waals surface area contributed by atoms with Crippen LogP contribution in [0.5, 0.6) is 0 Å². The van der Waals surface area contributed by atoms with Crippen LogP contribution in [0.25, 0.3) is 0 Å². The Bertz CT molecular complexity index is 181. The minimum atomic E-state index is -0.133. The molecule has 0 aromatic rings. The van der Waals surface area contributed by atoms with Gasteiger partial charge in [0.25, 0.3) is 0 Å². The summed E-state index contributed by atoms with van der Waals surface area (Å²) in [5.74, 6) is 0.548. The molecule has 0 rings (SSSR count). The van der Waals surface area contributed by atoms with Gasteiger partial charge in [-0.1, -0.05) is 26.7 Å². The molecule has 0 saturated carbocycles. The van der Waals surface area contributed by atoms with Gasteiger partial charge in [0.2, 0.25) is 0 Å². The first-order chi connectivity index (χ1) is 7.06. The Morgan fingerprint density at radius 1 is 1.40 bits per heavy atom. The van der Waals surface area contributed by atoms with Gasteiger partial charge in [-0.05, 0) is 12.8 Å². The first kappa shape index (κ1) is 14.2. The maximum atomic E-state index is 11.6. The number of aliphatic hydroxyl groups is 1. The molecule has 1 atom stereocenters. The normalized spacial score (nSPS) is 12.7. The van der Waals surface area contributed by atoms with Crippen molar-refractivity contribution in [2.24, 2.45) is 5.92 Å². The van der Waals surface area contributed by atoms with E-state index >= 15 is 0 Å². The number of rotatable bonds is 6. The van der Waals surface area contributed by atoms with Crippen LogP contribution in [-0.4, -0.2) is 42.3 Å². The third kappa shape index (κ3) is 5.02. The number of hydrogen-bond donors (Lipinski definition) is 2. The molecule has 0 aliphatic carbocycles. The topological polar surface area (TPSA) is 52.6 Å². The van der Waals surface area contributed by atoms with E-state index in [1.54, 1.807) is 7.05 Å². The van der Waals surface area contributed by atoms with Gasteiger partial charge in [0, 0.05) is 13.6 Å². The molecule has 2 N–H and O–H groups in total. The Balaban J connectivity index is 3.92. The van der Waals surface area contributed by atoms with E-state index in [0.717, 1.165) is 12.8 Å². The molecule has 2 amide bonds. The second kappa shape index (κ2) is 7.51. The van der Waals surface area contributed by atoms with Gasteiger partial charge in [-0.25, -0.2) is 4.79 Å². The molecule has 0 aliphatic heterocycles. The van der Waals surface area contributed by atoms with Gasteiger partial charge >= 0.3 is 6.03 Å². The summed E-state index contributed by atoms with van der Waals surface area (Å²) in [4.78, 5) is 13.1. The highest BCUT2D eigenvalue weighted by Crippen LogP contribution is 2.05. The number of likely N-dealkylation sites (N-methyl/N-ethyl adjacent to an activating group) is 1. The summed E-state index contributed by atoms with van der Waals surface area (Å²) in [6.45, 7) is 6.78. The molecular weight excluding hydrogens is 192 g/mol. The zero-order valence-corrected chi connectivity index (χ0v) is 10.3. The van der Waals surface area contributed by atoms with Crippen LogP contribution in [0.15, 0.2) is 0 Å².